The van der Waals surface area contributed by atoms with E-state index >= 15 is 0 Å². The van der Waals surface area contributed by atoms with E-state index in [0.29, 0.717) is 29.7 Å². The molecule has 8 heteroatoms. The van der Waals surface area contributed by atoms with Gasteiger partial charge in [0.05, 0.1) is 17.0 Å². The van der Waals surface area contributed by atoms with E-state index in [0.717, 1.165) is 40.5 Å². The molecular weight excluding hydrogens is 358 g/mol. The van der Waals surface area contributed by atoms with Crippen molar-refractivity contribution in [3.8, 4) is 22.8 Å². The third-order valence-corrected chi connectivity index (χ3v) is 4.50. The summed E-state index contributed by atoms with van der Waals surface area (Å²) in [5, 5.41) is 11.2. The van der Waals surface area contributed by atoms with E-state index < -0.39 is 0 Å². The van der Waals surface area contributed by atoms with Crippen LogP contribution in [0.15, 0.2) is 37.9 Å². The zero-order valence-corrected chi connectivity index (χ0v) is 16.2. The van der Waals surface area contributed by atoms with Crippen LogP contribution in [0.1, 0.15) is 28.5 Å². The average Bonchev–Trinajstić information content (AvgIpc) is 3.38. The van der Waals surface area contributed by atoms with Gasteiger partial charge in [-0.25, -0.2) is 9.97 Å². The van der Waals surface area contributed by atoms with Gasteiger partial charge >= 0.3 is 0 Å². The minimum Gasteiger partial charge on any atom is -0.460 e. The molecule has 0 aliphatic rings. The van der Waals surface area contributed by atoms with Gasteiger partial charge in [-0.2, -0.15) is 0 Å². The molecule has 0 aliphatic heterocycles. The number of aryl methyl sites for hydroxylation is 4. The Hall–Kier alpha value is -3.42. The van der Waals surface area contributed by atoms with E-state index in [9.17, 15) is 0 Å². The van der Waals surface area contributed by atoms with Crippen LogP contribution in [0.25, 0.3) is 22.8 Å². The monoisotopic (exact) mass is 379 g/mol. The summed E-state index contributed by atoms with van der Waals surface area (Å²) in [6, 6.07) is 5.64. The summed E-state index contributed by atoms with van der Waals surface area (Å²) in [7, 11) is 0. The number of hydrogen-bond donors (Lipinski definition) is 1. The van der Waals surface area contributed by atoms with Gasteiger partial charge in [-0.15, -0.1) is 0 Å². The largest absolute Gasteiger partial charge is 0.460 e. The van der Waals surface area contributed by atoms with Crippen molar-refractivity contribution in [2.45, 2.75) is 34.1 Å². The maximum absolute atomic E-state index is 5.79. The zero-order valence-electron chi connectivity index (χ0n) is 16.2. The predicted molar refractivity (Wildman–Crippen MR) is 103 cm³/mol. The SMILES string of the molecule is Cc1cc(-c2cnc(NCCc3c(C)noc3C)nc2-c2ccc(C)o2)on1. The first kappa shape index (κ1) is 18.0. The highest BCUT2D eigenvalue weighted by atomic mass is 16.5. The summed E-state index contributed by atoms with van der Waals surface area (Å²) < 4.78 is 16.4. The molecule has 0 spiro atoms. The number of nitrogens with one attached hydrogen (secondary N) is 1. The van der Waals surface area contributed by atoms with Gasteiger partial charge in [0.1, 0.15) is 17.2 Å². The highest BCUT2D eigenvalue weighted by Gasteiger charge is 2.18. The Morgan fingerprint density at radius 3 is 2.50 bits per heavy atom. The molecule has 4 heterocycles. The summed E-state index contributed by atoms with van der Waals surface area (Å²) in [4.78, 5) is 9.09. The smallest absolute Gasteiger partial charge is 0.223 e. The lowest BCUT2D eigenvalue weighted by molar-refractivity contribution is 0.392. The minimum absolute atomic E-state index is 0.510. The van der Waals surface area contributed by atoms with Crippen molar-refractivity contribution in [3.05, 3.63) is 52.9 Å². The fourth-order valence-corrected chi connectivity index (χ4v) is 3.05. The van der Waals surface area contributed by atoms with Crippen LogP contribution in [0.5, 0.6) is 0 Å². The predicted octanol–water partition coefficient (Wildman–Crippen LogP) is 4.27. The molecule has 0 aromatic carbocycles. The van der Waals surface area contributed by atoms with E-state index in [2.05, 4.69) is 25.6 Å². The first-order chi connectivity index (χ1) is 13.5. The molecule has 144 valence electrons. The molecule has 0 radical (unpaired) electrons. The van der Waals surface area contributed by atoms with Crippen LogP contribution in [0.2, 0.25) is 0 Å². The molecule has 1 N–H and O–H groups in total. The van der Waals surface area contributed by atoms with Crippen molar-refractivity contribution in [1.29, 1.82) is 0 Å². The maximum atomic E-state index is 5.79. The molecule has 8 nitrogen and oxygen atoms in total. The lowest BCUT2D eigenvalue weighted by Gasteiger charge is -2.08. The third-order valence-electron chi connectivity index (χ3n) is 4.50. The summed E-state index contributed by atoms with van der Waals surface area (Å²) in [5.41, 5.74) is 4.18. The number of anilines is 1. The summed E-state index contributed by atoms with van der Waals surface area (Å²) in [5.74, 6) is 3.40. The van der Waals surface area contributed by atoms with E-state index in [1.54, 1.807) is 6.20 Å². The molecule has 0 unspecified atom stereocenters. The molecule has 4 rings (SSSR count). The first-order valence-electron chi connectivity index (χ1n) is 9.04. The molecule has 0 saturated heterocycles. The standard InChI is InChI=1S/C20H21N5O3/c1-11-9-18(28-24-11)16-10-22-20(23-19(16)17-6-5-12(2)26-17)21-8-7-15-13(3)25-27-14(15)4/h5-6,9-10H,7-8H2,1-4H3,(H,21,22,23). The summed E-state index contributed by atoms with van der Waals surface area (Å²) >= 11 is 0. The normalized spacial score (nSPS) is 11.1. The molecule has 0 bridgehead atoms. The molecule has 0 fully saturated rings. The Morgan fingerprint density at radius 2 is 1.86 bits per heavy atom. The van der Waals surface area contributed by atoms with Gasteiger partial charge in [0.2, 0.25) is 5.95 Å². The Bertz CT molecular complexity index is 1090. The number of nitrogens with zero attached hydrogens (tertiary/aromatic N) is 4. The molecule has 4 aromatic rings. The molecule has 28 heavy (non-hydrogen) atoms. The highest BCUT2D eigenvalue weighted by molar-refractivity contribution is 5.75. The van der Waals surface area contributed by atoms with E-state index in [1.165, 1.54) is 0 Å². The van der Waals surface area contributed by atoms with Crippen molar-refractivity contribution >= 4 is 5.95 Å². The minimum atomic E-state index is 0.510. The fourth-order valence-electron chi connectivity index (χ4n) is 3.05. The van der Waals surface area contributed by atoms with Crippen molar-refractivity contribution < 1.29 is 13.5 Å². The topological polar surface area (TPSA) is 103 Å². The lowest BCUT2D eigenvalue weighted by atomic mass is 10.1. The fraction of sp³-hybridized carbons (Fsp3) is 0.300. The maximum Gasteiger partial charge on any atom is 0.223 e. The van der Waals surface area contributed by atoms with E-state index in [-0.39, 0.29) is 0 Å². The highest BCUT2D eigenvalue weighted by Crippen LogP contribution is 2.32. The molecule has 0 amide bonds. The Morgan fingerprint density at radius 1 is 1.00 bits per heavy atom. The van der Waals surface area contributed by atoms with Crippen LogP contribution in [0, 0.1) is 27.7 Å². The van der Waals surface area contributed by atoms with Crippen LogP contribution in [-0.2, 0) is 6.42 Å². The number of aromatic nitrogens is 4. The number of hydrogen-bond acceptors (Lipinski definition) is 8. The average molecular weight is 379 g/mol. The van der Waals surface area contributed by atoms with E-state index in [4.69, 9.17) is 13.5 Å². The van der Waals surface area contributed by atoms with E-state index in [1.807, 2.05) is 45.9 Å². The number of rotatable bonds is 6. The summed E-state index contributed by atoms with van der Waals surface area (Å²) in [6.07, 6.45) is 2.49. The molecule has 4 aromatic heterocycles. The van der Waals surface area contributed by atoms with Crippen molar-refractivity contribution in [1.82, 2.24) is 20.3 Å². The van der Waals surface area contributed by atoms with Crippen LogP contribution in [0.4, 0.5) is 5.95 Å². The lowest BCUT2D eigenvalue weighted by Crippen LogP contribution is -2.09. The van der Waals surface area contributed by atoms with Crippen LogP contribution in [0.3, 0.4) is 0 Å². The van der Waals surface area contributed by atoms with Gasteiger partial charge in [0.25, 0.3) is 0 Å². The Labute approximate surface area is 162 Å². The molecular formula is C20H21N5O3. The van der Waals surface area contributed by atoms with Crippen molar-refractivity contribution in [2.24, 2.45) is 0 Å². The van der Waals surface area contributed by atoms with Gasteiger partial charge in [0, 0.05) is 24.4 Å². The zero-order chi connectivity index (χ0) is 19.7. The Balaban J connectivity index is 1.60. The van der Waals surface area contributed by atoms with Gasteiger partial charge in [-0.3, -0.25) is 0 Å². The first-order valence-corrected chi connectivity index (χ1v) is 9.04. The molecule has 0 aliphatic carbocycles. The van der Waals surface area contributed by atoms with Crippen LogP contribution < -0.4 is 5.32 Å². The van der Waals surface area contributed by atoms with Gasteiger partial charge in [0.15, 0.2) is 11.5 Å². The second-order valence-corrected chi connectivity index (χ2v) is 6.68. The molecule has 0 saturated carbocycles. The second-order valence-electron chi connectivity index (χ2n) is 6.68. The quantitative estimate of drug-likeness (QED) is 0.530. The summed E-state index contributed by atoms with van der Waals surface area (Å²) in [6.45, 7) is 8.27. The van der Waals surface area contributed by atoms with Gasteiger partial charge in [-0.1, -0.05) is 10.3 Å². The third kappa shape index (κ3) is 3.53. The van der Waals surface area contributed by atoms with Crippen molar-refractivity contribution in [2.75, 3.05) is 11.9 Å². The van der Waals surface area contributed by atoms with Crippen LogP contribution >= 0.6 is 0 Å². The van der Waals surface area contributed by atoms with Crippen LogP contribution in [-0.4, -0.2) is 26.8 Å². The Kier molecular flexibility index (Phi) is 4.68. The van der Waals surface area contributed by atoms with Gasteiger partial charge in [-0.05, 0) is 46.2 Å². The van der Waals surface area contributed by atoms with Crippen molar-refractivity contribution in [3.63, 3.8) is 0 Å². The second kappa shape index (κ2) is 7.30. The van der Waals surface area contributed by atoms with Gasteiger partial charge < -0.3 is 18.8 Å². The molecule has 0 atom stereocenters. The number of furan rings is 1.